The SMILES string of the molecule is Cc1ccccc1NC(=O)C(Sc1cccc(NC(=O)/C(=C\c2ccc(-c3ccccc3)cc2)NC(=O)c2ccccc2)c1)c1ccccc1. The number of aryl methyl sites for hydroxylation is 1. The Morgan fingerprint density at radius 2 is 1.24 bits per heavy atom. The third-order valence-electron chi connectivity index (χ3n) is 7.95. The van der Waals surface area contributed by atoms with Crippen LogP contribution in [-0.2, 0) is 9.59 Å². The van der Waals surface area contributed by atoms with Gasteiger partial charge in [0.25, 0.3) is 11.8 Å². The zero-order valence-corrected chi connectivity index (χ0v) is 28.2. The van der Waals surface area contributed by atoms with Gasteiger partial charge in [0.2, 0.25) is 5.91 Å². The molecule has 6 aromatic rings. The highest BCUT2D eigenvalue weighted by atomic mass is 32.2. The maximum Gasteiger partial charge on any atom is 0.272 e. The Bertz CT molecular complexity index is 2120. The number of carbonyl (C=O) groups is 3. The number of carbonyl (C=O) groups excluding carboxylic acids is 3. The highest BCUT2D eigenvalue weighted by Crippen LogP contribution is 2.37. The molecule has 50 heavy (non-hydrogen) atoms. The van der Waals surface area contributed by atoms with Gasteiger partial charge >= 0.3 is 0 Å². The van der Waals surface area contributed by atoms with Gasteiger partial charge in [0.15, 0.2) is 0 Å². The fourth-order valence-electron chi connectivity index (χ4n) is 5.31. The summed E-state index contributed by atoms with van der Waals surface area (Å²) < 4.78 is 0. The van der Waals surface area contributed by atoms with Gasteiger partial charge in [-0.25, -0.2) is 0 Å². The van der Waals surface area contributed by atoms with Crippen LogP contribution < -0.4 is 16.0 Å². The summed E-state index contributed by atoms with van der Waals surface area (Å²) in [4.78, 5) is 41.5. The van der Waals surface area contributed by atoms with Crippen LogP contribution in [0.5, 0.6) is 0 Å². The molecular formula is C43H35N3O3S. The third-order valence-corrected chi connectivity index (χ3v) is 9.19. The molecule has 3 N–H and O–H groups in total. The summed E-state index contributed by atoms with van der Waals surface area (Å²) in [6, 6.07) is 51.2. The summed E-state index contributed by atoms with van der Waals surface area (Å²) in [6.07, 6.45) is 1.66. The summed E-state index contributed by atoms with van der Waals surface area (Å²) in [5.74, 6) is -1.04. The maximum absolute atomic E-state index is 13.8. The van der Waals surface area contributed by atoms with Crippen LogP contribution in [0.4, 0.5) is 11.4 Å². The van der Waals surface area contributed by atoms with Crippen LogP contribution in [0, 0.1) is 6.92 Å². The molecule has 3 amide bonds. The van der Waals surface area contributed by atoms with E-state index in [1.54, 1.807) is 36.4 Å². The minimum atomic E-state index is -0.554. The minimum Gasteiger partial charge on any atom is -0.325 e. The smallest absolute Gasteiger partial charge is 0.272 e. The molecule has 0 aliphatic rings. The van der Waals surface area contributed by atoms with Gasteiger partial charge in [0, 0.05) is 21.8 Å². The van der Waals surface area contributed by atoms with Crippen molar-refractivity contribution in [3.05, 3.63) is 192 Å². The average molecular weight is 674 g/mol. The van der Waals surface area contributed by atoms with Crippen LogP contribution in [-0.4, -0.2) is 17.7 Å². The molecule has 0 radical (unpaired) electrons. The number of anilines is 2. The molecular weight excluding hydrogens is 639 g/mol. The Morgan fingerprint density at radius 1 is 0.620 bits per heavy atom. The van der Waals surface area contributed by atoms with Crippen LogP contribution in [0.15, 0.2) is 174 Å². The van der Waals surface area contributed by atoms with Crippen LogP contribution in [0.25, 0.3) is 17.2 Å². The molecule has 0 saturated heterocycles. The number of para-hydroxylation sites is 1. The molecule has 0 saturated carbocycles. The summed E-state index contributed by atoms with van der Waals surface area (Å²) >= 11 is 1.39. The minimum absolute atomic E-state index is 0.0872. The van der Waals surface area contributed by atoms with Gasteiger partial charge in [-0.2, -0.15) is 0 Å². The van der Waals surface area contributed by atoms with E-state index in [-0.39, 0.29) is 11.6 Å². The third kappa shape index (κ3) is 8.83. The van der Waals surface area contributed by atoms with E-state index in [1.165, 1.54) is 11.8 Å². The molecule has 0 aromatic heterocycles. The molecule has 1 atom stereocenters. The van der Waals surface area contributed by atoms with Crippen molar-refractivity contribution in [2.45, 2.75) is 17.1 Å². The molecule has 0 aliphatic carbocycles. The Hall–Kier alpha value is -6.18. The molecule has 0 aliphatic heterocycles. The first-order valence-corrected chi connectivity index (χ1v) is 17.0. The molecule has 0 bridgehead atoms. The van der Waals surface area contributed by atoms with Crippen molar-refractivity contribution in [2.75, 3.05) is 10.6 Å². The first-order valence-electron chi connectivity index (χ1n) is 16.2. The number of nitrogens with one attached hydrogen (secondary N) is 3. The molecule has 0 fully saturated rings. The number of hydrogen-bond donors (Lipinski definition) is 3. The zero-order valence-electron chi connectivity index (χ0n) is 27.4. The quantitative estimate of drug-likeness (QED) is 0.0945. The predicted octanol–water partition coefficient (Wildman–Crippen LogP) is 9.54. The zero-order chi connectivity index (χ0) is 34.7. The molecule has 6 rings (SSSR count). The fourth-order valence-corrected chi connectivity index (χ4v) is 6.39. The van der Waals surface area contributed by atoms with E-state index >= 15 is 0 Å². The maximum atomic E-state index is 13.8. The van der Waals surface area contributed by atoms with Crippen molar-refractivity contribution < 1.29 is 14.4 Å². The molecule has 246 valence electrons. The lowest BCUT2D eigenvalue weighted by atomic mass is 10.0. The Morgan fingerprint density at radius 3 is 1.94 bits per heavy atom. The molecule has 0 spiro atoms. The highest BCUT2D eigenvalue weighted by molar-refractivity contribution is 8.00. The van der Waals surface area contributed by atoms with Gasteiger partial charge in [0.1, 0.15) is 10.9 Å². The van der Waals surface area contributed by atoms with Gasteiger partial charge in [-0.05, 0) is 77.2 Å². The van der Waals surface area contributed by atoms with Crippen LogP contribution >= 0.6 is 11.8 Å². The second-order valence-electron chi connectivity index (χ2n) is 11.6. The second kappa shape index (κ2) is 16.3. The van der Waals surface area contributed by atoms with Gasteiger partial charge in [0.05, 0.1) is 0 Å². The van der Waals surface area contributed by atoms with E-state index in [2.05, 4.69) is 16.0 Å². The van der Waals surface area contributed by atoms with Crippen LogP contribution in [0.2, 0.25) is 0 Å². The van der Waals surface area contributed by atoms with Crippen molar-refractivity contribution in [1.82, 2.24) is 5.32 Å². The number of amides is 3. The van der Waals surface area contributed by atoms with Crippen LogP contribution in [0.3, 0.4) is 0 Å². The summed E-state index contributed by atoms with van der Waals surface area (Å²) in [6.45, 7) is 1.96. The molecule has 6 aromatic carbocycles. The Labute approximate surface area is 296 Å². The fraction of sp³-hybridized carbons (Fsp3) is 0.0465. The van der Waals surface area contributed by atoms with Crippen molar-refractivity contribution in [3.8, 4) is 11.1 Å². The number of rotatable bonds is 11. The van der Waals surface area contributed by atoms with Gasteiger partial charge in [-0.1, -0.05) is 127 Å². The average Bonchev–Trinajstić information content (AvgIpc) is 3.16. The molecule has 1 unspecified atom stereocenters. The number of hydrogen-bond acceptors (Lipinski definition) is 4. The van der Waals surface area contributed by atoms with Crippen molar-refractivity contribution in [1.29, 1.82) is 0 Å². The van der Waals surface area contributed by atoms with Gasteiger partial charge in [-0.15, -0.1) is 11.8 Å². The number of thioether (sulfide) groups is 1. The monoisotopic (exact) mass is 673 g/mol. The largest absolute Gasteiger partial charge is 0.325 e. The lowest BCUT2D eigenvalue weighted by molar-refractivity contribution is -0.116. The normalized spacial score (nSPS) is 11.7. The van der Waals surface area contributed by atoms with E-state index in [4.69, 9.17) is 0 Å². The van der Waals surface area contributed by atoms with E-state index in [9.17, 15) is 14.4 Å². The first-order chi connectivity index (χ1) is 24.4. The summed E-state index contributed by atoms with van der Waals surface area (Å²) in [7, 11) is 0. The summed E-state index contributed by atoms with van der Waals surface area (Å²) in [5.41, 5.74) is 6.48. The Kier molecular flexibility index (Phi) is 11.0. The lowest BCUT2D eigenvalue weighted by Crippen LogP contribution is -2.30. The van der Waals surface area contributed by atoms with Crippen molar-refractivity contribution >= 4 is 46.9 Å². The highest BCUT2D eigenvalue weighted by Gasteiger charge is 2.23. The molecule has 7 heteroatoms. The Balaban J connectivity index is 1.24. The van der Waals surface area contributed by atoms with Crippen LogP contribution in [0.1, 0.15) is 32.3 Å². The van der Waals surface area contributed by atoms with Crippen molar-refractivity contribution in [3.63, 3.8) is 0 Å². The molecule has 0 heterocycles. The van der Waals surface area contributed by atoms with E-state index in [1.807, 2.05) is 140 Å². The van der Waals surface area contributed by atoms with E-state index < -0.39 is 17.1 Å². The van der Waals surface area contributed by atoms with Gasteiger partial charge < -0.3 is 16.0 Å². The molecule has 6 nitrogen and oxygen atoms in total. The standard InChI is InChI=1S/C43H35N3O3S/c1-30-14-11-12-23-38(30)45-43(49)40(34-17-7-3-8-18-34)50-37-22-13-21-36(29-37)44-42(48)39(46-41(47)35-19-9-4-10-20-35)28-31-24-26-33(27-25-31)32-15-5-2-6-16-32/h2-29,40H,1H3,(H,44,48)(H,45,49)(H,46,47)/b39-28+. The first kappa shape index (κ1) is 33.7. The topological polar surface area (TPSA) is 87.3 Å². The van der Waals surface area contributed by atoms with Crippen molar-refractivity contribution in [2.24, 2.45) is 0 Å². The van der Waals surface area contributed by atoms with Gasteiger partial charge in [-0.3, -0.25) is 14.4 Å². The lowest BCUT2D eigenvalue weighted by Gasteiger charge is -2.18. The number of benzene rings is 6. The predicted molar refractivity (Wildman–Crippen MR) is 204 cm³/mol. The summed E-state index contributed by atoms with van der Waals surface area (Å²) in [5, 5.41) is 8.29. The van der Waals surface area contributed by atoms with E-state index in [0.717, 1.165) is 38.4 Å². The second-order valence-corrected chi connectivity index (χ2v) is 12.7. The van der Waals surface area contributed by atoms with E-state index in [0.29, 0.717) is 11.3 Å².